The Hall–Kier alpha value is -2.98. The second-order valence-electron chi connectivity index (χ2n) is 6.03. The van der Waals surface area contributed by atoms with Crippen molar-refractivity contribution >= 4 is 21.6 Å². The normalized spacial score (nSPS) is 11.6. The summed E-state index contributed by atoms with van der Waals surface area (Å²) in [6, 6.07) is 16.4. The van der Waals surface area contributed by atoms with Gasteiger partial charge in [-0.15, -0.1) is 5.10 Å². The minimum absolute atomic E-state index is 0.254. The highest BCUT2D eigenvalue weighted by atomic mass is 32.2. The van der Waals surface area contributed by atoms with E-state index >= 15 is 0 Å². The molecule has 142 valence electrons. The van der Waals surface area contributed by atoms with Crippen molar-refractivity contribution in [1.82, 2.24) is 30.2 Å². The predicted molar refractivity (Wildman–Crippen MR) is 106 cm³/mol. The van der Waals surface area contributed by atoms with Crippen LogP contribution in [0.25, 0.3) is 16.9 Å². The van der Waals surface area contributed by atoms with Crippen LogP contribution in [0, 0.1) is 0 Å². The van der Waals surface area contributed by atoms with Crippen LogP contribution in [0.15, 0.2) is 70.8 Å². The maximum atomic E-state index is 11.6. The zero-order valence-electron chi connectivity index (χ0n) is 14.8. The van der Waals surface area contributed by atoms with E-state index in [0.717, 1.165) is 16.4 Å². The second kappa shape index (κ2) is 7.56. The molecule has 0 saturated heterocycles. The molecule has 2 aromatic heterocycles. The van der Waals surface area contributed by atoms with Crippen LogP contribution >= 0.6 is 11.8 Å². The van der Waals surface area contributed by atoms with Crippen molar-refractivity contribution in [3.8, 4) is 16.9 Å². The van der Waals surface area contributed by atoms with Crippen LogP contribution in [-0.2, 0) is 15.6 Å². The van der Waals surface area contributed by atoms with Gasteiger partial charge in [0, 0.05) is 6.26 Å². The molecule has 0 aliphatic heterocycles. The van der Waals surface area contributed by atoms with Gasteiger partial charge in [-0.1, -0.05) is 42.1 Å². The second-order valence-corrected chi connectivity index (χ2v) is 9.01. The summed E-state index contributed by atoms with van der Waals surface area (Å²) in [5.74, 6) is 1.14. The molecule has 0 amide bonds. The summed E-state index contributed by atoms with van der Waals surface area (Å²) in [5, 5.41) is 12.6. The fraction of sp³-hybridized carbons (Fsp3) is 0.111. The third-order valence-electron chi connectivity index (χ3n) is 4.02. The molecule has 4 rings (SSSR count). The predicted octanol–water partition coefficient (Wildman–Crippen LogP) is 2.75. The van der Waals surface area contributed by atoms with Gasteiger partial charge in [0.15, 0.2) is 20.8 Å². The zero-order chi connectivity index (χ0) is 19.6. The first-order chi connectivity index (χ1) is 13.5. The van der Waals surface area contributed by atoms with E-state index in [2.05, 4.69) is 25.5 Å². The van der Waals surface area contributed by atoms with Gasteiger partial charge in [0.05, 0.1) is 28.2 Å². The van der Waals surface area contributed by atoms with Gasteiger partial charge in [0.1, 0.15) is 0 Å². The number of thioether (sulfide) groups is 1. The smallest absolute Gasteiger partial charge is 0.175 e. The number of H-pyrrole nitrogens is 1. The molecular formula is C18H16N6O2S2. The van der Waals surface area contributed by atoms with Crippen LogP contribution in [0.5, 0.6) is 0 Å². The molecule has 0 radical (unpaired) electrons. The third kappa shape index (κ3) is 3.97. The standard InChI is InChI=1S/C18H16N6O2S2/c1-28(25,26)15-9-7-14(8-10-15)24-17(21-22-23-24)12-27-18-19-11-16(20-18)13-5-3-2-4-6-13/h2-11H,12H2,1H3,(H,19,20). The van der Waals surface area contributed by atoms with E-state index in [1.807, 2.05) is 30.3 Å². The van der Waals surface area contributed by atoms with Crippen LogP contribution in [0.2, 0.25) is 0 Å². The minimum atomic E-state index is -3.24. The van der Waals surface area contributed by atoms with Crippen LogP contribution in [-0.4, -0.2) is 44.8 Å². The Balaban J connectivity index is 1.49. The first-order valence-electron chi connectivity index (χ1n) is 8.32. The van der Waals surface area contributed by atoms with E-state index in [1.54, 1.807) is 35.1 Å². The van der Waals surface area contributed by atoms with E-state index in [-0.39, 0.29) is 4.90 Å². The zero-order valence-corrected chi connectivity index (χ0v) is 16.5. The number of hydrogen-bond acceptors (Lipinski definition) is 7. The molecule has 0 bridgehead atoms. The summed E-state index contributed by atoms with van der Waals surface area (Å²) in [6.07, 6.45) is 2.97. The number of nitrogens with one attached hydrogen (secondary N) is 1. The molecule has 2 heterocycles. The topological polar surface area (TPSA) is 106 Å². The molecule has 0 aliphatic rings. The van der Waals surface area contributed by atoms with Crippen molar-refractivity contribution in [1.29, 1.82) is 0 Å². The van der Waals surface area contributed by atoms with E-state index < -0.39 is 9.84 Å². The summed E-state index contributed by atoms with van der Waals surface area (Å²) >= 11 is 1.48. The average molecular weight is 413 g/mol. The van der Waals surface area contributed by atoms with Gasteiger partial charge in [-0.3, -0.25) is 0 Å². The number of aromatic nitrogens is 6. The Labute approximate surface area is 165 Å². The van der Waals surface area contributed by atoms with Crippen LogP contribution in [0.3, 0.4) is 0 Å². The lowest BCUT2D eigenvalue weighted by atomic mass is 10.2. The highest BCUT2D eigenvalue weighted by molar-refractivity contribution is 7.98. The summed E-state index contributed by atoms with van der Waals surface area (Å²) in [6.45, 7) is 0. The fourth-order valence-corrected chi connectivity index (χ4v) is 3.99. The fourth-order valence-electron chi connectivity index (χ4n) is 2.60. The van der Waals surface area contributed by atoms with Crippen molar-refractivity contribution in [2.75, 3.05) is 6.26 Å². The molecule has 0 aliphatic carbocycles. The van der Waals surface area contributed by atoms with Crippen molar-refractivity contribution in [3.63, 3.8) is 0 Å². The molecular weight excluding hydrogens is 396 g/mol. The average Bonchev–Trinajstić information content (AvgIpc) is 3.36. The molecule has 0 spiro atoms. The summed E-state index contributed by atoms with van der Waals surface area (Å²) in [7, 11) is -3.24. The maximum absolute atomic E-state index is 11.6. The quantitative estimate of drug-likeness (QED) is 0.485. The lowest BCUT2D eigenvalue weighted by Gasteiger charge is -2.05. The van der Waals surface area contributed by atoms with Crippen molar-refractivity contribution in [2.45, 2.75) is 15.8 Å². The maximum Gasteiger partial charge on any atom is 0.175 e. The van der Waals surface area contributed by atoms with Crippen molar-refractivity contribution < 1.29 is 8.42 Å². The van der Waals surface area contributed by atoms with Crippen molar-refractivity contribution in [2.24, 2.45) is 0 Å². The Kier molecular flexibility index (Phi) is 4.97. The molecule has 0 unspecified atom stereocenters. The molecule has 28 heavy (non-hydrogen) atoms. The SMILES string of the molecule is CS(=O)(=O)c1ccc(-n2nnnc2CSc2ncc(-c3ccccc3)[nH]2)cc1. The van der Waals surface area contributed by atoms with Gasteiger partial charge in [-0.05, 0) is 40.3 Å². The number of benzene rings is 2. The molecule has 1 N–H and O–H groups in total. The van der Waals surface area contributed by atoms with E-state index in [4.69, 9.17) is 0 Å². The Morgan fingerprint density at radius 2 is 1.82 bits per heavy atom. The van der Waals surface area contributed by atoms with Gasteiger partial charge in [-0.25, -0.2) is 13.4 Å². The van der Waals surface area contributed by atoms with Crippen LogP contribution in [0.1, 0.15) is 5.82 Å². The van der Waals surface area contributed by atoms with Crippen molar-refractivity contribution in [3.05, 3.63) is 66.6 Å². The number of imidazole rings is 1. The number of hydrogen-bond donors (Lipinski definition) is 1. The first-order valence-corrected chi connectivity index (χ1v) is 11.2. The summed E-state index contributed by atoms with van der Waals surface area (Å²) < 4.78 is 24.8. The van der Waals surface area contributed by atoms with E-state index in [0.29, 0.717) is 17.3 Å². The molecule has 0 saturated carbocycles. The summed E-state index contributed by atoms with van der Waals surface area (Å²) in [5.41, 5.74) is 2.70. The molecule has 2 aromatic carbocycles. The number of tetrazole rings is 1. The lowest BCUT2D eigenvalue weighted by Crippen LogP contribution is -2.03. The monoisotopic (exact) mass is 412 g/mol. The van der Waals surface area contributed by atoms with Gasteiger partial charge >= 0.3 is 0 Å². The molecule has 0 fully saturated rings. The number of aromatic amines is 1. The number of sulfone groups is 1. The highest BCUT2D eigenvalue weighted by Crippen LogP contribution is 2.24. The number of nitrogens with zero attached hydrogens (tertiary/aromatic N) is 5. The Bertz CT molecular complexity index is 1180. The molecule has 10 heteroatoms. The van der Waals surface area contributed by atoms with Gasteiger partial charge in [0.2, 0.25) is 0 Å². The van der Waals surface area contributed by atoms with Crippen LogP contribution < -0.4 is 0 Å². The molecule has 0 atom stereocenters. The van der Waals surface area contributed by atoms with Gasteiger partial charge in [0.25, 0.3) is 0 Å². The number of rotatable bonds is 6. The summed E-state index contributed by atoms with van der Waals surface area (Å²) in [4.78, 5) is 7.93. The first kappa shape index (κ1) is 18.4. The minimum Gasteiger partial charge on any atom is -0.333 e. The third-order valence-corrected chi connectivity index (χ3v) is 6.03. The molecule has 4 aromatic rings. The Morgan fingerprint density at radius 1 is 1.07 bits per heavy atom. The Morgan fingerprint density at radius 3 is 2.54 bits per heavy atom. The van der Waals surface area contributed by atoms with Gasteiger partial charge < -0.3 is 4.98 Å². The lowest BCUT2D eigenvalue weighted by molar-refractivity contribution is 0.602. The highest BCUT2D eigenvalue weighted by Gasteiger charge is 2.12. The van der Waals surface area contributed by atoms with Crippen LogP contribution in [0.4, 0.5) is 0 Å². The van der Waals surface area contributed by atoms with E-state index in [1.165, 1.54) is 18.0 Å². The van der Waals surface area contributed by atoms with E-state index in [9.17, 15) is 8.42 Å². The van der Waals surface area contributed by atoms with Gasteiger partial charge in [-0.2, -0.15) is 4.68 Å². The largest absolute Gasteiger partial charge is 0.333 e. The molecule has 8 nitrogen and oxygen atoms in total.